The van der Waals surface area contributed by atoms with E-state index in [4.69, 9.17) is 0 Å². The highest BCUT2D eigenvalue weighted by atomic mass is 32.1. The van der Waals surface area contributed by atoms with Gasteiger partial charge in [-0.25, -0.2) is 9.37 Å². The van der Waals surface area contributed by atoms with Crippen LogP contribution in [-0.4, -0.2) is 10.9 Å². The van der Waals surface area contributed by atoms with Crippen molar-refractivity contribution in [1.29, 1.82) is 0 Å². The number of hydrogen-bond donors (Lipinski definition) is 1. The van der Waals surface area contributed by atoms with Gasteiger partial charge in [-0.1, -0.05) is 35.9 Å². The van der Waals surface area contributed by atoms with E-state index in [1.54, 1.807) is 12.1 Å². The molecule has 1 aromatic heterocycles. The summed E-state index contributed by atoms with van der Waals surface area (Å²) in [6, 6.07) is 14.0. The zero-order valence-electron chi connectivity index (χ0n) is 13.5. The lowest BCUT2D eigenvalue weighted by atomic mass is 10.1. The van der Waals surface area contributed by atoms with E-state index in [0.717, 1.165) is 21.1 Å². The minimum Gasteiger partial charge on any atom is -0.326 e. The van der Waals surface area contributed by atoms with Crippen molar-refractivity contribution in [3.8, 4) is 11.3 Å². The van der Waals surface area contributed by atoms with Crippen molar-refractivity contribution < 1.29 is 9.18 Å². The van der Waals surface area contributed by atoms with Crippen LogP contribution in [0, 0.1) is 19.7 Å². The van der Waals surface area contributed by atoms with Gasteiger partial charge in [0, 0.05) is 16.1 Å². The predicted molar refractivity (Wildman–Crippen MR) is 95.8 cm³/mol. The van der Waals surface area contributed by atoms with Gasteiger partial charge in [0.05, 0.1) is 17.1 Å². The largest absolute Gasteiger partial charge is 0.326 e. The molecular formula is C19H17FN2OS. The van der Waals surface area contributed by atoms with E-state index in [9.17, 15) is 9.18 Å². The van der Waals surface area contributed by atoms with E-state index >= 15 is 0 Å². The maximum absolute atomic E-state index is 13.2. The van der Waals surface area contributed by atoms with E-state index in [1.807, 2.05) is 38.1 Å². The first-order valence-electron chi connectivity index (χ1n) is 7.60. The smallest absolute Gasteiger partial charge is 0.229 e. The van der Waals surface area contributed by atoms with Gasteiger partial charge >= 0.3 is 0 Å². The molecule has 1 N–H and O–H groups in total. The van der Waals surface area contributed by atoms with Gasteiger partial charge < -0.3 is 5.32 Å². The Morgan fingerprint density at radius 2 is 1.92 bits per heavy atom. The van der Waals surface area contributed by atoms with Gasteiger partial charge in [0.25, 0.3) is 0 Å². The standard InChI is InChI=1S/C19H17FN2OS/c1-12-6-8-14(9-7-12)19-17(24-13(2)21-19)11-18(23)22-16-5-3-4-15(20)10-16/h3-10H,11H2,1-2H3,(H,22,23). The summed E-state index contributed by atoms with van der Waals surface area (Å²) in [6.45, 7) is 3.96. The molecule has 1 amide bonds. The lowest BCUT2D eigenvalue weighted by molar-refractivity contribution is -0.115. The molecule has 0 spiro atoms. The third-order valence-corrected chi connectivity index (χ3v) is 4.53. The van der Waals surface area contributed by atoms with E-state index in [2.05, 4.69) is 10.3 Å². The summed E-state index contributed by atoms with van der Waals surface area (Å²) >= 11 is 1.51. The Labute approximate surface area is 144 Å². The second kappa shape index (κ2) is 6.93. The number of aromatic nitrogens is 1. The number of nitrogens with zero attached hydrogens (tertiary/aromatic N) is 1. The fourth-order valence-corrected chi connectivity index (χ4v) is 3.40. The van der Waals surface area contributed by atoms with E-state index in [0.29, 0.717) is 5.69 Å². The van der Waals surface area contributed by atoms with Crippen molar-refractivity contribution in [3.63, 3.8) is 0 Å². The van der Waals surface area contributed by atoms with Gasteiger partial charge in [-0.05, 0) is 32.0 Å². The molecular weight excluding hydrogens is 323 g/mol. The first kappa shape index (κ1) is 16.3. The van der Waals surface area contributed by atoms with Gasteiger partial charge in [0.1, 0.15) is 5.82 Å². The molecule has 0 radical (unpaired) electrons. The van der Waals surface area contributed by atoms with E-state index in [1.165, 1.54) is 29.0 Å². The molecule has 5 heteroatoms. The number of aryl methyl sites for hydroxylation is 2. The number of carbonyl (C=O) groups excluding carboxylic acids is 1. The third-order valence-electron chi connectivity index (χ3n) is 3.56. The molecule has 0 saturated carbocycles. The average molecular weight is 340 g/mol. The third kappa shape index (κ3) is 3.86. The highest BCUT2D eigenvalue weighted by molar-refractivity contribution is 7.12. The van der Waals surface area contributed by atoms with Crippen LogP contribution in [0.15, 0.2) is 48.5 Å². The Balaban J connectivity index is 1.80. The van der Waals surface area contributed by atoms with Gasteiger partial charge in [0.15, 0.2) is 0 Å². The SMILES string of the molecule is Cc1ccc(-c2nc(C)sc2CC(=O)Nc2cccc(F)c2)cc1. The number of carbonyl (C=O) groups is 1. The molecule has 3 rings (SSSR count). The fraction of sp³-hybridized carbons (Fsp3) is 0.158. The van der Waals surface area contributed by atoms with Crippen LogP contribution in [0.1, 0.15) is 15.4 Å². The van der Waals surface area contributed by atoms with Gasteiger partial charge in [-0.15, -0.1) is 11.3 Å². The Morgan fingerprint density at radius 3 is 2.62 bits per heavy atom. The summed E-state index contributed by atoms with van der Waals surface area (Å²) in [4.78, 5) is 17.8. The van der Waals surface area contributed by atoms with Crippen LogP contribution in [0.5, 0.6) is 0 Å². The van der Waals surface area contributed by atoms with Gasteiger partial charge in [0.2, 0.25) is 5.91 Å². The van der Waals surface area contributed by atoms with Gasteiger partial charge in [-0.3, -0.25) is 4.79 Å². The number of rotatable bonds is 4. The molecule has 24 heavy (non-hydrogen) atoms. The molecule has 0 atom stereocenters. The summed E-state index contributed by atoms with van der Waals surface area (Å²) in [5.74, 6) is -0.556. The van der Waals surface area contributed by atoms with Crippen molar-refractivity contribution in [2.75, 3.05) is 5.32 Å². The number of hydrogen-bond acceptors (Lipinski definition) is 3. The summed E-state index contributed by atoms with van der Waals surface area (Å²) in [5.41, 5.74) is 3.47. The average Bonchev–Trinajstić information content (AvgIpc) is 2.88. The second-order valence-electron chi connectivity index (χ2n) is 5.61. The number of halogens is 1. The monoisotopic (exact) mass is 340 g/mol. The summed E-state index contributed by atoms with van der Waals surface area (Å²) in [7, 11) is 0. The summed E-state index contributed by atoms with van der Waals surface area (Å²) in [5, 5.41) is 3.64. The fourth-order valence-electron chi connectivity index (χ4n) is 2.44. The Morgan fingerprint density at radius 1 is 1.17 bits per heavy atom. The molecule has 0 fully saturated rings. The maximum atomic E-state index is 13.2. The molecule has 0 bridgehead atoms. The lowest BCUT2D eigenvalue weighted by Gasteiger charge is -2.06. The number of amides is 1. The van der Waals surface area contributed by atoms with Crippen LogP contribution in [0.3, 0.4) is 0 Å². The molecule has 122 valence electrons. The predicted octanol–water partition coefficient (Wildman–Crippen LogP) is 4.75. The number of thiazole rings is 1. The Hall–Kier alpha value is -2.53. The Bertz CT molecular complexity index is 871. The van der Waals surface area contributed by atoms with E-state index in [-0.39, 0.29) is 18.1 Å². The Kier molecular flexibility index (Phi) is 4.71. The van der Waals surface area contributed by atoms with Crippen molar-refractivity contribution in [2.24, 2.45) is 0 Å². The molecule has 0 aliphatic carbocycles. The zero-order chi connectivity index (χ0) is 17.1. The molecule has 0 saturated heterocycles. The van der Waals surface area contributed by atoms with Crippen LogP contribution in [0.25, 0.3) is 11.3 Å². The number of anilines is 1. The van der Waals surface area contributed by atoms with Crippen molar-refractivity contribution in [2.45, 2.75) is 20.3 Å². The highest BCUT2D eigenvalue weighted by Crippen LogP contribution is 2.29. The number of nitrogens with one attached hydrogen (secondary N) is 1. The van der Waals surface area contributed by atoms with Crippen molar-refractivity contribution in [3.05, 3.63) is 69.8 Å². The normalized spacial score (nSPS) is 10.6. The molecule has 3 aromatic rings. The molecule has 2 aromatic carbocycles. The minimum absolute atomic E-state index is 0.183. The summed E-state index contributed by atoms with van der Waals surface area (Å²) in [6.07, 6.45) is 0.214. The first-order chi connectivity index (χ1) is 11.5. The van der Waals surface area contributed by atoms with Crippen LogP contribution >= 0.6 is 11.3 Å². The highest BCUT2D eigenvalue weighted by Gasteiger charge is 2.15. The molecule has 0 aliphatic heterocycles. The molecule has 1 heterocycles. The van der Waals surface area contributed by atoms with Crippen molar-refractivity contribution >= 4 is 22.9 Å². The lowest BCUT2D eigenvalue weighted by Crippen LogP contribution is -2.14. The maximum Gasteiger partial charge on any atom is 0.229 e. The van der Waals surface area contributed by atoms with Crippen LogP contribution in [-0.2, 0) is 11.2 Å². The zero-order valence-corrected chi connectivity index (χ0v) is 14.3. The quantitative estimate of drug-likeness (QED) is 0.745. The summed E-state index contributed by atoms with van der Waals surface area (Å²) < 4.78 is 13.2. The first-order valence-corrected chi connectivity index (χ1v) is 8.41. The van der Waals surface area contributed by atoms with Crippen LogP contribution < -0.4 is 5.32 Å². The van der Waals surface area contributed by atoms with Crippen LogP contribution in [0.2, 0.25) is 0 Å². The minimum atomic E-state index is -0.373. The van der Waals surface area contributed by atoms with Gasteiger partial charge in [-0.2, -0.15) is 0 Å². The number of benzene rings is 2. The van der Waals surface area contributed by atoms with Crippen LogP contribution in [0.4, 0.5) is 10.1 Å². The molecule has 3 nitrogen and oxygen atoms in total. The molecule has 0 unspecified atom stereocenters. The topological polar surface area (TPSA) is 42.0 Å². The van der Waals surface area contributed by atoms with Crippen molar-refractivity contribution in [1.82, 2.24) is 4.98 Å². The molecule has 0 aliphatic rings. The van der Waals surface area contributed by atoms with E-state index < -0.39 is 0 Å². The second-order valence-corrected chi connectivity index (χ2v) is 6.89.